The molecule has 7 nitrogen and oxygen atoms in total. The zero-order valence-corrected chi connectivity index (χ0v) is 21.1. The van der Waals surface area contributed by atoms with Gasteiger partial charge in [-0.1, -0.05) is 31.0 Å². The van der Waals surface area contributed by atoms with Crippen LogP contribution in [0.15, 0.2) is 59.5 Å². The standard InChI is InChI=1S/C27H25ClF3N3O4/c1-2-3-22(26(37)33-19-8-5-15(6-9-19)25(32)36)34-13-23-21(12-24(34)35)20-11-18(28)7-4-16(20)10-17(14-38-23)27(29,30)31/h4-9,11-13,17,22H,2-3,10,14H2,1H3,(H2,32,36)(H,33,37)/t17-,22?/m1/s1. The Labute approximate surface area is 221 Å². The average Bonchev–Trinajstić information content (AvgIpc) is 2.85. The van der Waals surface area contributed by atoms with Crippen LogP contribution in [0, 0.1) is 5.92 Å². The van der Waals surface area contributed by atoms with Gasteiger partial charge in [0.1, 0.15) is 18.4 Å². The molecule has 1 aliphatic rings. The summed E-state index contributed by atoms with van der Waals surface area (Å²) in [5.74, 6) is -2.85. The van der Waals surface area contributed by atoms with Crippen LogP contribution in [-0.2, 0) is 11.2 Å². The third-order valence-corrected chi connectivity index (χ3v) is 6.65. The van der Waals surface area contributed by atoms with E-state index in [-0.39, 0.29) is 24.2 Å². The van der Waals surface area contributed by atoms with Crippen LogP contribution < -0.4 is 21.3 Å². The maximum atomic E-state index is 13.7. The summed E-state index contributed by atoms with van der Waals surface area (Å²) in [6.45, 7) is 1.19. The zero-order chi connectivity index (χ0) is 27.6. The number of amides is 2. The van der Waals surface area contributed by atoms with E-state index in [2.05, 4.69) is 5.32 Å². The molecule has 1 unspecified atom stereocenters. The summed E-state index contributed by atoms with van der Waals surface area (Å²) in [7, 11) is 0. The van der Waals surface area contributed by atoms with E-state index in [1.54, 1.807) is 0 Å². The first kappa shape index (κ1) is 27.3. The molecule has 0 fully saturated rings. The van der Waals surface area contributed by atoms with Crippen LogP contribution in [0.2, 0.25) is 5.02 Å². The van der Waals surface area contributed by atoms with Crippen LogP contribution in [0.4, 0.5) is 18.9 Å². The highest BCUT2D eigenvalue weighted by Crippen LogP contribution is 2.40. The van der Waals surface area contributed by atoms with Crippen molar-refractivity contribution in [2.75, 3.05) is 11.9 Å². The Kier molecular flexibility index (Phi) is 7.82. The monoisotopic (exact) mass is 547 g/mol. The predicted octanol–water partition coefficient (Wildman–Crippen LogP) is 5.36. The lowest BCUT2D eigenvalue weighted by atomic mass is 9.91. The molecule has 0 radical (unpaired) electrons. The highest BCUT2D eigenvalue weighted by atomic mass is 35.5. The summed E-state index contributed by atoms with van der Waals surface area (Å²) >= 11 is 6.15. The minimum absolute atomic E-state index is 0.0433. The van der Waals surface area contributed by atoms with E-state index in [0.29, 0.717) is 33.8 Å². The number of halogens is 4. The Morgan fingerprint density at radius 1 is 1.16 bits per heavy atom. The third kappa shape index (κ3) is 5.85. The van der Waals surface area contributed by atoms with Crippen LogP contribution in [0.25, 0.3) is 11.1 Å². The predicted molar refractivity (Wildman–Crippen MR) is 137 cm³/mol. The van der Waals surface area contributed by atoms with Gasteiger partial charge in [0.05, 0.1) is 12.1 Å². The van der Waals surface area contributed by atoms with Crippen LogP contribution in [0.5, 0.6) is 5.75 Å². The number of anilines is 1. The number of pyridine rings is 1. The Morgan fingerprint density at radius 3 is 2.50 bits per heavy atom. The van der Waals surface area contributed by atoms with Crippen LogP contribution in [-0.4, -0.2) is 29.2 Å². The molecule has 1 aromatic heterocycles. The Balaban J connectivity index is 1.74. The SMILES string of the molecule is CCCC(C(=O)Nc1ccc(C(N)=O)cc1)n1cc2c(cc1=O)-c1cc(Cl)ccc1C[C@@H](C(F)(F)F)CO2. The first-order chi connectivity index (χ1) is 18.0. The Morgan fingerprint density at radius 2 is 1.87 bits per heavy atom. The maximum Gasteiger partial charge on any atom is 0.395 e. The molecule has 4 rings (SSSR count). The normalized spacial score (nSPS) is 15.8. The topological polar surface area (TPSA) is 103 Å². The largest absolute Gasteiger partial charge is 0.491 e. The number of nitrogens with two attached hydrogens (primary N) is 1. The number of primary amides is 1. The van der Waals surface area contributed by atoms with Gasteiger partial charge in [-0.15, -0.1) is 0 Å². The highest BCUT2D eigenvalue weighted by Gasteiger charge is 2.41. The number of aromatic nitrogens is 1. The van der Waals surface area contributed by atoms with Crippen LogP contribution >= 0.6 is 11.6 Å². The molecule has 0 bridgehead atoms. The van der Waals surface area contributed by atoms with Crippen LogP contribution in [0.3, 0.4) is 0 Å². The molecule has 38 heavy (non-hydrogen) atoms. The minimum atomic E-state index is -4.50. The van der Waals surface area contributed by atoms with Gasteiger partial charge >= 0.3 is 6.18 Å². The summed E-state index contributed by atoms with van der Waals surface area (Å²) < 4.78 is 47.9. The molecule has 3 aromatic rings. The van der Waals surface area contributed by atoms with Gasteiger partial charge < -0.3 is 15.8 Å². The van der Waals surface area contributed by atoms with Gasteiger partial charge in [0.15, 0.2) is 0 Å². The van der Waals surface area contributed by atoms with Gasteiger partial charge in [-0.05, 0) is 60.4 Å². The fourth-order valence-corrected chi connectivity index (χ4v) is 4.59. The van der Waals surface area contributed by atoms with E-state index in [4.69, 9.17) is 22.1 Å². The number of benzene rings is 2. The van der Waals surface area contributed by atoms with Crippen molar-refractivity contribution in [1.29, 1.82) is 0 Å². The van der Waals surface area contributed by atoms with Gasteiger partial charge in [-0.25, -0.2) is 0 Å². The zero-order valence-electron chi connectivity index (χ0n) is 20.3. The summed E-state index contributed by atoms with van der Waals surface area (Å²) in [5, 5.41) is 3.01. The molecule has 0 aliphatic carbocycles. The number of nitrogens with one attached hydrogen (secondary N) is 1. The van der Waals surface area contributed by atoms with Crippen molar-refractivity contribution in [3.63, 3.8) is 0 Å². The quantitative estimate of drug-likeness (QED) is 0.433. The molecule has 3 N–H and O–H groups in total. The third-order valence-electron chi connectivity index (χ3n) is 6.41. The van der Waals surface area contributed by atoms with E-state index >= 15 is 0 Å². The van der Waals surface area contributed by atoms with Gasteiger partial charge in [-0.2, -0.15) is 13.2 Å². The van der Waals surface area contributed by atoms with Crippen molar-refractivity contribution < 1.29 is 27.5 Å². The minimum Gasteiger partial charge on any atom is -0.491 e. The lowest BCUT2D eigenvalue weighted by molar-refractivity contribution is -0.181. The number of nitrogens with zero attached hydrogens (tertiary/aromatic N) is 1. The lowest BCUT2D eigenvalue weighted by Gasteiger charge is -2.27. The number of alkyl halides is 3. The molecule has 2 atom stereocenters. The highest BCUT2D eigenvalue weighted by molar-refractivity contribution is 6.30. The Hall–Kier alpha value is -3.79. The van der Waals surface area contributed by atoms with Gasteiger partial charge in [0.2, 0.25) is 11.8 Å². The van der Waals surface area contributed by atoms with E-state index in [0.717, 1.165) is 0 Å². The summed E-state index contributed by atoms with van der Waals surface area (Å²) in [4.78, 5) is 37.8. The summed E-state index contributed by atoms with van der Waals surface area (Å²) in [6, 6.07) is 10.7. The van der Waals surface area contributed by atoms with Gasteiger partial charge in [0, 0.05) is 27.9 Å². The lowest BCUT2D eigenvalue weighted by Crippen LogP contribution is -2.34. The van der Waals surface area contributed by atoms with Crippen molar-refractivity contribution in [2.45, 2.75) is 38.4 Å². The smallest absolute Gasteiger partial charge is 0.395 e. The van der Waals surface area contributed by atoms with Gasteiger partial charge in [-0.3, -0.25) is 19.0 Å². The summed E-state index contributed by atoms with van der Waals surface area (Å²) in [6.07, 6.45) is -2.72. The van der Waals surface area contributed by atoms with Crippen LogP contribution in [0.1, 0.15) is 41.7 Å². The second-order valence-corrected chi connectivity index (χ2v) is 9.52. The fourth-order valence-electron chi connectivity index (χ4n) is 4.41. The molecule has 11 heteroatoms. The second-order valence-electron chi connectivity index (χ2n) is 9.09. The molecule has 0 spiro atoms. The number of hydrogen-bond donors (Lipinski definition) is 2. The molecular formula is C27H25ClF3N3O4. The van der Waals surface area contributed by atoms with Gasteiger partial charge in [0.25, 0.3) is 5.56 Å². The first-order valence-electron chi connectivity index (χ1n) is 11.9. The van der Waals surface area contributed by atoms with Crippen molar-refractivity contribution >= 4 is 29.1 Å². The fraction of sp³-hybridized carbons (Fsp3) is 0.296. The molecule has 0 saturated heterocycles. The molecule has 2 heterocycles. The first-order valence-corrected chi connectivity index (χ1v) is 12.3. The molecule has 2 amide bonds. The second kappa shape index (κ2) is 10.9. The molecule has 1 aliphatic heterocycles. The molecular weight excluding hydrogens is 523 g/mol. The summed E-state index contributed by atoms with van der Waals surface area (Å²) in [5.41, 5.74) is 6.44. The van der Waals surface area contributed by atoms with E-state index in [1.807, 2.05) is 6.92 Å². The number of carbonyl (C=O) groups is 2. The molecule has 200 valence electrons. The Bertz CT molecular complexity index is 1420. The average molecular weight is 548 g/mol. The van der Waals surface area contributed by atoms with E-state index < -0.39 is 42.1 Å². The number of fused-ring (bicyclic) bond motifs is 3. The molecule has 0 saturated carbocycles. The van der Waals surface area contributed by atoms with Crippen molar-refractivity contribution in [2.24, 2.45) is 11.7 Å². The number of rotatable bonds is 6. The van der Waals surface area contributed by atoms with E-state index in [1.165, 1.54) is 59.3 Å². The van der Waals surface area contributed by atoms with Crippen molar-refractivity contribution in [1.82, 2.24) is 4.57 Å². The number of carbonyl (C=O) groups excluding carboxylic acids is 2. The maximum absolute atomic E-state index is 13.7. The van der Waals surface area contributed by atoms with Crippen molar-refractivity contribution in [3.8, 4) is 16.9 Å². The number of hydrogen-bond acceptors (Lipinski definition) is 4. The van der Waals surface area contributed by atoms with Crippen molar-refractivity contribution in [3.05, 3.63) is 81.2 Å². The number of ether oxygens (including phenoxy) is 1. The van der Waals surface area contributed by atoms with E-state index in [9.17, 15) is 27.6 Å². The molecule has 2 aromatic carbocycles.